The van der Waals surface area contributed by atoms with Gasteiger partial charge in [-0.25, -0.2) is 4.39 Å². The van der Waals surface area contributed by atoms with Crippen molar-refractivity contribution in [3.63, 3.8) is 0 Å². The van der Waals surface area contributed by atoms with Gasteiger partial charge in [0, 0.05) is 11.1 Å². The van der Waals surface area contributed by atoms with E-state index in [4.69, 9.17) is 17.5 Å². The molecule has 0 N–H and O–H groups in total. The molecular formula is C20H15FN2S. The van der Waals surface area contributed by atoms with Gasteiger partial charge in [-0.3, -0.25) is 4.99 Å². The summed E-state index contributed by atoms with van der Waals surface area (Å²) in [7, 11) is 0. The molecule has 2 aromatic rings. The topological polar surface area (TPSA) is 36.1 Å². The molecule has 118 valence electrons. The van der Waals surface area contributed by atoms with Gasteiger partial charge in [0.25, 0.3) is 0 Å². The first-order valence-corrected chi connectivity index (χ1v) is 8.42. The van der Waals surface area contributed by atoms with Crippen molar-refractivity contribution in [3.8, 4) is 6.07 Å². The predicted molar refractivity (Wildman–Crippen MR) is 96.6 cm³/mol. The second-order valence-corrected chi connectivity index (χ2v) is 6.95. The van der Waals surface area contributed by atoms with E-state index in [1.807, 2.05) is 24.4 Å². The van der Waals surface area contributed by atoms with E-state index in [1.54, 1.807) is 6.07 Å². The van der Waals surface area contributed by atoms with Crippen LogP contribution in [0.1, 0.15) is 41.9 Å². The number of nitriles is 1. The Balaban J connectivity index is 1.77. The molecule has 0 bridgehead atoms. The summed E-state index contributed by atoms with van der Waals surface area (Å²) in [6, 6.07) is 14.7. The lowest BCUT2D eigenvalue weighted by molar-refractivity contribution is 0.475. The molecule has 1 aliphatic carbocycles. The highest BCUT2D eigenvalue weighted by Crippen LogP contribution is 2.49. The van der Waals surface area contributed by atoms with E-state index in [0.717, 1.165) is 29.0 Å². The zero-order valence-electron chi connectivity index (χ0n) is 13.0. The molecule has 1 saturated carbocycles. The molecule has 4 heteroatoms. The molecule has 1 aliphatic heterocycles. The zero-order chi connectivity index (χ0) is 16.7. The fourth-order valence-electron chi connectivity index (χ4n) is 3.92. The standard InChI is InChI=1S/C20H15FN2S/c21-17-7-5-13(11-22)9-15(17)14-6-8-19(24)20(10-14)12-23-18-4-2-1-3-16(18)20/h1-5,7,9,12,14H,6,8,10H2. The van der Waals surface area contributed by atoms with Crippen LogP contribution in [-0.4, -0.2) is 11.1 Å². The van der Waals surface area contributed by atoms with Crippen LogP contribution in [0.3, 0.4) is 0 Å². The molecule has 1 heterocycles. The molecule has 0 aromatic heterocycles. The monoisotopic (exact) mass is 334 g/mol. The number of thiocarbonyl (C=S) groups is 1. The van der Waals surface area contributed by atoms with Crippen molar-refractivity contribution in [3.05, 3.63) is 65.0 Å². The second-order valence-electron chi connectivity index (χ2n) is 6.46. The minimum atomic E-state index is -0.385. The SMILES string of the molecule is N#Cc1ccc(F)c(C2CCC(=S)C3(C=Nc4ccccc43)C2)c1. The van der Waals surface area contributed by atoms with Crippen molar-refractivity contribution in [1.82, 2.24) is 0 Å². The summed E-state index contributed by atoms with van der Waals surface area (Å²) in [5, 5.41) is 9.11. The lowest BCUT2D eigenvalue weighted by Crippen LogP contribution is -2.40. The Morgan fingerprint density at radius 2 is 2.08 bits per heavy atom. The number of aliphatic imine (C=N–C) groups is 1. The van der Waals surface area contributed by atoms with Gasteiger partial charge in [-0.1, -0.05) is 30.4 Å². The van der Waals surface area contributed by atoms with Gasteiger partial charge in [0.05, 0.1) is 22.7 Å². The maximum absolute atomic E-state index is 14.4. The van der Waals surface area contributed by atoms with Gasteiger partial charge in [0.2, 0.25) is 0 Å². The van der Waals surface area contributed by atoms with Crippen LogP contribution in [0, 0.1) is 17.1 Å². The molecule has 0 radical (unpaired) electrons. The maximum atomic E-state index is 14.4. The first-order chi connectivity index (χ1) is 11.6. The first-order valence-electron chi connectivity index (χ1n) is 8.01. The van der Waals surface area contributed by atoms with Crippen LogP contribution < -0.4 is 0 Å². The molecule has 2 atom stereocenters. The Bertz CT molecular complexity index is 912. The van der Waals surface area contributed by atoms with Crippen LogP contribution in [0.2, 0.25) is 0 Å². The molecular weight excluding hydrogens is 319 g/mol. The van der Waals surface area contributed by atoms with E-state index in [-0.39, 0.29) is 17.2 Å². The molecule has 24 heavy (non-hydrogen) atoms. The summed E-state index contributed by atoms with van der Waals surface area (Å²) >= 11 is 5.70. The Labute approximate surface area is 145 Å². The van der Waals surface area contributed by atoms with E-state index in [2.05, 4.69) is 17.1 Å². The third kappa shape index (κ3) is 2.20. The summed E-state index contributed by atoms with van der Waals surface area (Å²) in [4.78, 5) is 5.53. The summed E-state index contributed by atoms with van der Waals surface area (Å²) in [6.45, 7) is 0. The minimum Gasteiger partial charge on any atom is -0.260 e. The highest BCUT2D eigenvalue weighted by atomic mass is 32.1. The van der Waals surface area contributed by atoms with E-state index in [9.17, 15) is 4.39 Å². The van der Waals surface area contributed by atoms with Gasteiger partial charge in [-0.15, -0.1) is 0 Å². The molecule has 2 aliphatic rings. The van der Waals surface area contributed by atoms with Crippen LogP contribution in [0.25, 0.3) is 0 Å². The quantitative estimate of drug-likeness (QED) is 0.689. The minimum absolute atomic E-state index is 0.0302. The molecule has 2 nitrogen and oxygen atoms in total. The number of benzene rings is 2. The second kappa shape index (κ2) is 5.61. The van der Waals surface area contributed by atoms with Crippen molar-refractivity contribution in [2.75, 3.05) is 0 Å². The molecule has 4 rings (SSSR count). The van der Waals surface area contributed by atoms with Crippen molar-refractivity contribution >= 4 is 29.0 Å². The van der Waals surface area contributed by atoms with E-state index in [1.165, 1.54) is 12.1 Å². The average Bonchev–Trinajstić information content (AvgIpc) is 2.98. The molecule has 0 saturated heterocycles. The van der Waals surface area contributed by atoms with Gasteiger partial charge >= 0.3 is 0 Å². The van der Waals surface area contributed by atoms with E-state index >= 15 is 0 Å². The number of hydrogen-bond donors (Lipinski definition) is 0. The van der Waals surface area contributed by atoms with Gasteiger partial charge < -0.3 is 0 Å². The molecule has 2 unspecified atom stereocenters. The van der Waals surface area contributed by atoms with Crippen molar-refractivity contribution in [2.24, 2.45) is 4.99 Å². The number of hydrogen-bond acceptors (Lipinski definition) is 3. The number of nitrogens with zero attached hydrogens (tertiary/aromatic N) is 2. The maximum Gasteiger partial charge on any atom is 0.126 e. The van der Waals surface area contributed by atoms with Crippen molar-refractivity contribution < 1.29 is 4.39 Å². The van der Waals surface area contributed by atoms with Crippen LogP contribution in [0.15, 0.2) is 47.5 Å². The van der Waals surface area contributed by atoms with Crippen LogP contribution in [0.5, 0.6) is 0 Å². The fraction of sp³-hybridized carbons (Fsp3) is 0.250. The highest BCUT2D eigenvalue weighted by molar-refractivity contribution is 7.80. The number of fused-ring (bicyclic) bond motifs is 2. The highest BCUT2D eigenvalue weighted by Gasteiger charge is 2.45. The Kier molecular flexibility index (Phi) is 3.54. The summed E-state index contributed by atoms with van der Waals surface area (Å²) in [5.74, 6) is -0.215. The van der Waals surface area contributed by atoms with Gasteiger partial charge in [0.1, 0.15) is 5.82 Å². The zero-order valence-corrected chi connectivity index (χ0v) is 13.8. The summed E-state index contributed by atoms with van der Waals surface area (Å²) < 4.78 is 14.4. The summed E-state index contributed by atoms with van der Waals surface area (Å²) in [5.41, 5.74) is 2.80. The van der Waals surface area contributed by atoms with Crippen LogP contribution >= 0.6 is 12.2 Å². The first kappa shape index (κ1) is 15.2. The Morgan fingerprint density at radius 3 is 2.92 bits per heavy atom. The number of halogens is 1. The van der Waals surface area contributed by atoms with E-state index in [0.29, 0.717) is 17.5 Å². The largest absolute Gasteiger partial charge is 0.260 e. The smallest absolute Gasteiger partial charge is 0.126 e. The van der Waals surface area contributed by atoms with Crippen molar-refractivity contribution in [2.45, 2.75) is 30.6 Å². The normalized spacial score (nSPS) is 24.8. The Morgan fingerprint density at radius 1 is 1.25 bits per heavy atom. The van der Waals surface area contributed by atoms with Gasteiger partial charge in [-0.2, -0.15) is 5.26 Å². The predicted octanol–water partition coefficient (Wildman–Crippen LogP) is 4.99. The van der Waals surface area contributed by atoms with Crippen molar-refractivity contribution in [1.29, 1.82) is 5.26 Å². The lowest BCUT2D eigenvalue weighted by Gasteiger charge is -2.38. The Hall–Kier alpha value is -2.38. The summed E-state index contributed by atoms with van der Waals surface area (Å²) in [6.07, 6.45) is 4.22. The number of rotatable bonds is 1. The van der Waals surface area contributed by atoms with Gasteiger partial charge in [0.15, 0.2) is 0 Å². The fourth-order valence-corrected chi connectivity index (χ4v) is 4.29. The third-order valence-corrected chi connectivity index (χ3v) is 5.73. The molecule has 2 aromatic carbocycles. The molecule has 1 spiro atoms. The van der Waals surface area contributed by atoms with Crippen LogP contribution in [-0.2, 0) is 5.41 Å². The van der Waals surface area contributed by atoms with Gasteiger partial charge in [-0.05, 0) is 60.6 Å². The molecule has 1 fully saturated rings. The molecule has 0 amide bonds. The number of para-hydroxylation sites is 1. The third-order valence-electron chi connectivity index (χ3n) is 5.16. The lowest BCUT2D eigenvalue weighted by atomic mass is 9.65. The average molecular weight is 334 g/mol. The van der Waals surface area contributed by atoms with E-state index < -0.39 is 0 Å². The van der Waals surface area contributed by atoms with Crippen LogP contribution in [0.4, 0.5) is 10.1 Å².